The van der Waals surface area contributed by atoms with Crippen LogP contribution < -0.4 is 10.6 Å². The first-order valence-electron chi connectivity index (χ1n) is 6.79. The Morgan fingerprint density at radius 1 is 1.29 bits per heavy atom. The second-order valence-corrected chi connectivity index (χ2v) is 5.19. The van der Waals surface area contributed by atoms with Crippen molar-refractivity contribution in [1.29, 1.82) is 0 Å². The third-order valence-electron chi connectivity index (χ3n) is 3.66. The van der Waals surface area contributed by atoms with E-state index in [1.807, 2.05) is 0 Å². The fourth-order valence-corrected chi connectivity index (χ4v) is 2.39. The highest BCUT2D eigenvalue weighted by atomic mass is 15.0. The second-order valence-electron chi connectivity index (χ2n) is 5.19. The topological polar surface area (TPSA) is 24.1 Å². The van der Waals surface area contributed by atoms with Crippen molar-refractivity contribution in [2.75, 3.05) is 13.1 Å². The van der Waals surface area contributed by atoms with Crippen molar-refractivity contribution in [3.63, 3.8) is 0 Å². The summed E-state index contributed by atoms with van der Waals surface area (Å²) in [7, 11) is 0. The Balaban J connectivity index is 1.80. The lowest BCUT2D eigenvalue weighted by Gasteiger charge is -2.25. The summed E-state index contributed by atoms with van der Waals surface area (Å²) >= 11 is 0. The van der Waals surface area contributed by atoms with Gasteiger partial charge in [0.1, 0.15) is 0 Å². The van der Waals surface area contributed by atoms with Crippen LogP contribution in [0.15, 0.2) is 24.3 Å². The number of piperidine rings is 1. The number of nitrogens with one attached hydrogen (secondary N) is 2. The van der Waals surface area contributed by atoms with Gasteiger partial charge in [0, 0.05) is 18.6 Å². The van der Waals surface area contributed by atoms with Gasteiger partial charge in [-0.05, 0) is 38.8 Å². The molecule has 17 heavy (non-hydrogen) atoms. The molecule has 0 spiro atoms. The van der Waals surface area contributed by atoms with Gasteiger partial charge in [0.05, 0.1) is 0 Å². The highest BCUT2D eigenvalue weighted by Gasteiger charge is 2.13. The minimum Gasteiger partial charge on any atom is -0.313 e. The number of aryl methyl sites for hydroxylation is 1. The molecule has 1 aliphatic rings. The summed E-state index contributed by atoms with van der Waals surface area (Å²) in [4.78, 5) is 0. The summed E-state index contributed by atoms with van der Waals surface area (Å²) in [5.41, 5.74) is 2.71. The molecule has 2 rings (SSSR count). The van der Waals surface area contributed by atoms with Crippen LogP contribution in [0.2, 0.25) is 0 Å². The molecule has 0 radical (unpaired) electrons. The number of hydrogen-bond acceptors (Lipinski definition) is 2. The van der Waals surface area contributed by atoms with Crippen molar-refractivity contribution in [2.45, 2.75) is 45.2 Å². The van der Waals surface area contributed by atoms with Gasteiger partial charge in [-0.2, -0.15) is 0 Å². The molecule has 0 amide bonds. The van der Waals surface area contributed by atoms with Gasteiger partial charge in [-0.25, -0.2) is 0 Å². The highest BCUT2D eigenvalue weighted by molar-refractivity contribution is 5.23. The fourth-order valence-electron chi connectivity index (χ4n) is 2.39. The Kier molecular flexibility index (Phi) is 4.57. The highest BCUT2D eigenvalue weighted by Crippen LogP contribution is 2.14. The van der Waals surface area contributed by atoms with Crippen LogP contribution in [0.25, 0.3) is 0 Å². The van der Waals surface area contributed by atoms with Crippen LogP contribution in [0.1, 0.15) is 43.4 Å². The van der Waals surface area contributed by atoms with Gasteiger partial charge in [-0.1, -0.05) is 36.2 Å². The largest absolute Gasteiger partial charge is 0.313 e. The third-order valence-corrected chi connectivity index (χ3v) is 3.66. The van der Waals surface area contributed by atoms with E-state index in [0.717, 1.165) is 6.54 Å². The molecule has 0 aromatic heterocycles. The molecule has 2 nitrogen and oxygen atoms in total. The van der Waals surface area contributed by atoms with Crippen molar-refractivity contribution in [3.05, 3.63) is 35.4 Å². The van der Waals surface area contributed by atoms with Gasteiger partial charge in [-0.15, -0.1) is 0 Å². The van der Waals surface area contributed by atoms with Gasteiger partial charge in [-0.3, -0.25) is 0 Å². The zero-order valence-corrected chi connectivity index (χ0v) is 11.0. The summed E-state index contributed by atoms with van der Waals surface area (Å²) in [6.07, 6.45) is 4.02. The Morgan fingerprint density at radius 2 is 2.06 bits per heavy atom. The van der Waals surface area contributed by atoms with Crippen molar-refractivity contribution in [3.8, 4) is 0 Å². The quantitative estimate of drug-likeness (QED) is 0.834. The van der Waals surface area contributed by atoms with Crippen LogP contribution in [0.5, 0.6) is 0 Å². The number of rotatable bonds is 4. The van der Waals surface area contributed by atoms with E-state index in [9.17, 15) is 0 Å². The Hall–Kier alpha value is -0.860. The van der Waals surface area contributed by atoms with E-state index in [1.165, 1.54) is 36.9 Å². The lowest BCUT2D eigenvalue weighted by atomic mass is 10.0. The lowest BCUT2D eigenvalue weighted by molar-refractivity contribution is 0.371. The zero-order chi connectivity index (χ0) is 12.1. The maximum Gasteiger partial charge on any atom is 0.0292 e. The minimum atomic E-state index is 0.444. The van der Waals surface area contributed by atoms with Crippen molar-refractivity contribution in [1.82, 2.24) is 10.6 Å². The molecule has 2 atom stereocenters. The van der Waals surface area contributed by atoms with E-state index in [0.29, 0.717) is 12.1 Å². The molecule has 2 heteroatoms. The third kappa shape index (κ3) is 3.83. The predicted octanol–water partition coefficient (Wildman–Crippen LogP) is 2.79. The van der Waals surface area contributed by atoms with E-state index in [1.54, 1.807) is 0 Å². The van der Waals surface area contributed by atoms with Crippen molar-refractivity contribution < 1.29 is 0 Å². The first-order valence-corrected chi connectivity index (χ1v) is 6.79. The lowest BCUT2D eigenvalue weighted by Crippen LogP contribution is -2.42. The summed E-state index contributed by atoms with van der Waals surface area (Å²) < 4.78 is 0. The van der Waals surface area contributed by atoms with Gasteiger partial charge < -0.3 is 10.6 Å². The van der Waals surface area contributed by atoms with E-state index in [4.69, 9.17) is 0 Å². The molecule has 0 aliphatic carbocycles. The van der Waals surface area contributed by atoms with Crippen LogP contribution in [0, 0.1) is 6.92 Å². The van der Waals surface area contributed by atoms with Crippen LogP contribution in [0.3, 0.4) is 0 Å². The minimum absolute atomic E-state index is 0.444. The molecule has 1 heterocycles. The monoisotopic (exact) mass is 232 g/mol. The molecule has 1 aromatic carbocycles. The molecule has 1 aromatic rings. The van der Waals surface area contributed by atoms with E-state index >= 15 is 0 Å². The van der Waals surface area contributed by atoms with E-state index in [2.05, 4.69) is 48.7 Å². The normalized spacial score (nSPS) is 22.4. The smallest absolute Gasteiger partial charge is 0.0292 e. The fraction of sp³-hybridized carbons (Fsp3) is 0.600. The molecule has 94 valence electrons. The Morgan fingerprint density at radius 3 is 2.71 bits per heavy atom. The van der Waals surface area contributed by atoms with Crippen LogP contribution in [-0.4, -0.2) is 19.1 Å². The van der Waals surface area contributed by atoms with E-state index < -0.39 is 0 Å². The molecular weight excluding hydrogens is 208 g/mol. The summed E-state index contributed by atoms with van der Waals surface area (Å²) in [5, 5.41) is 7.20. The van der Waals surface area contributed by atoms with Crippen molar-refractivity contribution >= 4 is 0 Å². The molecule has 1 fully saturated rings. The van der Waals surface area contributed by atoms with Gasteiger partial charge in [0.2, 0.25) is 0 Å². The maximum atomic E-state index is 3.63. The van der Waals surface area contributed by atoms with Crippen LogP contribution in [0.4, 0.5) is 0 Å². The summed E-state index contributed by atoms with van der Waals surface area (Å²) in [5.74, 6) is 0. The predicted molar refractivity (Wildman–Crippen MR) is 73.2 cm³/mol. The molecule has 1 saturated heterocycles. The molecular formula is C15H24N2. The summed E-state index contributed by atoms with van der Waals surface area (Å²) in [6, 6.07) is 9.93. The number of benzene rings is 1. The van der Waals surface area contributed by atoms with Crippen LogP contribution in [-0.2, 0) is 0 Å². The van der Waals surface area contributed by atoms with Gasteiger partial charge >= 0.3 is 0 Å². The number of hydrogen-bond donors (Lipinski definition) is 2. The standard InChI is InChI=1S/C15H24N2/c1-12-6-8-14(9-7-12)13(2)17-11-15-5-3-4-10-16-15/h6-9,13,15-17H,3-5,10-11H2,1-2H3/t13-,15?/m0/s1. The van der Waals surface area contributed by atoms with Gasteiger partial charge in [0.15, 0.2) is 0 Å². The van der Waals surface area contributed by atoms with E-state index in [-0.39, 0.29) is 0 Å². The average molecular weight is 232 g/mol. The molecule has 1 aliphatic heterocycles. The zero-order valence-electron chi connectivity index (χ0n) is 11.0. The second kappa shape index (κ2) is 6.18. The SMILES string of the molecule is Cc1ccc([C@H](C)NCC2CCCCN2)cc1. The molecule has 1 unspecified atom stereocenters. The van der Waals surface area contributed by atoms with Crippen molar-refractivity contribution in [2.24, 2.45) is 0 Å². The first kappa shape index (κ1) is 12.6. The molecule has 0 bridgehead atoms. The van der Waals surface area contributed by atoms with Gasteiger partial charge in [0.25, 0.3) is 0 Å². The molecule has 2 N–H and O–H groups in total. The average Bonchev–Trinajstić information content (AvgIpc) is 2.38. The van der Waals surface area contributed by atoms with Crippen LogP contribution >= 0.6 is 0 Å². The molecule has 0 saturated carbocycles. The maximum absolute atomic E-state index is 3.63. The first-order chi connectivity index (χ1) is 8.25. The Labute approximate surface area is 105 Å². The Bertz CT molecular complexity index is 325. The summed E-state index contributed by atoms with van der Waals surface area (Å²) in [6.45, 7) is 6.64.